The van der Waals surface area contributed by atoms with Gasteiger partial charge in [-0.2, -0.15) is 0 Å². The van der Waals surface area contributed by atoms with Gasteiger partial charge in [0.25, 0.3) is 0 Å². The average molecular weight is 260 g/mol. The molecule has 0 saturated heterocycles. The van der Waals surface area contributed by atoms with Crippen molar-refractivity contribution in [2.45, 2.75) is 52.0 Å². The second-order valence-corrected chi connectivity index (χ2v) is 5.45. The molecule has 0 spiro atoms. The summed E-state index contributed by atoms with van der Waals surface area (Å²) in [6.45, 7) is 5.41. The van der Waals surface area contributed by atoms with Gasteiger partial charge in [-0.3, -0.25) is 0 Å². The van der Waals surface area contributed by atoms with Gasteiger partial charge in [0, 0.05) is 10.9 Å². The summed E-state index contributed by atoms with van der Waals surface area (Å²) in [6.07, 6.45) is 6.47. The highest BCUT2D eigenvalue weighted by atomic mass is 35.5. The third kappa shape index (κ3) is 4.44. The Morgan fingerprint density at radius 1 is 1.31 bits per heavy atom. The first kappa shape index (κ1) is 14.0. The van der Waals surface area contributed by atoms with Crippen molar-refractivity contribution >= 4 is 22.9 Å². The van der Waals surface area contributed by atoms with Crippen molar-refractivity contribution in [3.63, 3.8) is 0 Å². The number of thiophene rings is 1. The van der Waals surface area contributed by atoms with Crippen LogP contribution < -0.4 is 5.32 Å². The van der Waals surface area contributed by atoms with E-state index in [9.17, 15) is 0 Å². The molecule has 1 aromatic heterocycles. The molecule has 0 aromatic carbocycles. The summed E-state index contributed by atoms with van der Waals surface area (Å²) < 4.78 is 0. The van der Waals surface area contributed by atoms with E-state index in [1.165, 1.54) is 37.0 Å². The van der Waals surface area contributed by atoms with E-state index in [2.05, 4.69) is 24.5 Å². The first-order valence-electron chi connectivity index (χ1n) is 6.25. The molecule has 0 radical (unpaired) electrons. The van der Waals surface area contributed by atoms with Gasteiger partial charge in [-0.15, -0.1) is 11.3 Å². The molecule has 1 N–H and O–H groups in total. The monoisotopic (exact) mass is 259 g/mol. The highest BCUT2D eigenvalue weighted by Gasteiger charge is 2.14. The lowest BCUT2D eigenvalue weighted by Gasteiger charge is -2.16. The van der Waals surface area contributed by atoms with Crippen LogP contribution in [0, 0.1) is 0 Å². The Labute approximate surface area is 108 Å². The Hall–Kier alpha value is -0.0500. The van der Waals surface area contributed by atoms with Crippen LogP contribution >= 0.6 is 22.9 Å². The molecule has 0 aliphatic carbocycles. The smallest absolute Gasteiger partial charge is 0.0561 e. The minimum Gasteiger partial charge on any atom is -0.309 e. The minimum absolute atomic E-state index is 0.453. The van der Waals surface area contributed by atoms with Gasteiger partial charge in [-0.05, 0) is 24.4 Å². The molecular formula is C13H22ClNS. The predicted molar refractivity (Wildman–Crippen MR) is 74.5 cm³/mol. The second kappa shape index (κ2) is 8.10. The molecule has 0 saturated carbocycles. The van der Waals surface area contributed by atoms with Crippen LogP contribution in [0.3, 0.4) is 0 Å². The van der Waals surface area contributed by atoms with E-state index >= 15 is 0 Å². The van der Waals surface area contributed by atoms with Gasteiger partial charge in [0.15, 0.2) is 0 Å². The standard InChI is InChI=1S/C13H22ClNS/c1-3-5-6-7-8-12(15-4-2)13-11(14)9-10-16-13/h9-10,12,15H,3-8H2,1-2H3. The van der Waals surface area contributed by atoms with Crippen molar-refractivity contribution in [2.75, 3.05) is 6.54 Å². The summed E-state index contributed by atoms with van der Waals surface area (Å²) in [6, 6.07) is 2.45. The molecule has 0 aliphatic rings. The molecule has 1 rings (SSSR count). The number of halogens is 1. The van der Waals surface area contributed by atoms with Crippen molar-refractivity contribution in [1.82, 2.24) is 5.32 Å². The molecule has 0 aliphatic heterocycles. The van der Waals surface area contributed by atoms with E-state index in [0.29, 0.717) is 6.04 Å². The highest BCUT2D eigenvalue weighted by Crippen LogP contribution is 2.31. The number of hydrogen-bond acceptors (Lipinski definition) is 2. The largest absolute Gasteiger partial charge is 0.309 e. The minimum atomic E-state index is 0.453. The van der Waals surface area contributed by atoms with Crippen LogP contribution in [0.15, 0.2) is 11.4 Å². The Morgan fingerprint density at radius 2 is 2.12 bits per heavy atom. The molecule has 92 valence electrons. The van der Waals surface area contributed by atoms with Crippen molar-refractivity contribution in [2.24, 2.45) is 0 Å². The van der Waals surface area contributed by atoms with Crippen molar-refractivity contribution in [3.05, 3.63) is 21.3 Å². The number of hydrogen-bond donors (Lipinski definition) is 1. The molecule has 0 amide bonds. The van der Waals surface area contributed by atoms with Crippen molar-refractivity contribution in [1.29, 1.82) is 0 Å². The summed E-state index contributed by atoms with van der Waals surface area (Å²) in [5, 5.41) is 6.53. The summed E-state index contributed by atoms with van der Waals surface area (Å²) >= 11 is 7.95. The SMILES string of the molecule is CCCCCCC(NCC)c1sccc1Cl. The lowest BCUT2D eigenvalue weighted by atomic mass is 10.1. The molecule has 16 heavy (non-hydrogen) atoms. The maximum absolute atomic E-state index is 6.18. The Bertz CT molecular complexity index is 285. The Kier molecular flexibility index (Phi) is 7.10. The highest BCUT2D eigenvalue weighted by molar-refractivity contribution is 7.10. The predicted octanol–water partition coefficient (Wildman–Crippen LogP) is 5.02. The van der Waals surface area contributed by atoms with E-state index in [1.807, 2.05) is 6.07 Å². The summed E-state index contributed by atoms with van der Waals surface area (Å²) in [5.74, 6) is 0. The van der Waals surface area contributed by atoms with Gasteiger partial charge in [-0.25, -0.2) is 0 Å². The molecular weight excluding hydrogens is 238 g/mol. The zero-order chi connectivity index (χ0) is 11.8. The Morgan fingerprint density at radius 3 is 2.69 bits per heavy atom. The van der Waals surface area contributed by atoms with Gasteiger partial charge < -0.3 is 5.32 Å². The quantitative estimate of drug-likeness (QED) is 0.646. The first-order chi connectivity index (χ1) is 7.79. The summed E-state index contributed by atoms with van der Waals surface area (Å²) in [7, 11) is 0. The molecule has 1 atom stereocenters. The normalized spacial score (nSPS) is 12.9. The topological polar surface area (TPSA) is 12.0 Å². The zero-order valence-corrected chi connectivity index (χ0v) is 11.8. The molecule has 0 fully saturated rings. The van der Waals surface area contributed by atoms with Crippen LogP contribution in [-0.2, 0) is 0 Å². The van der Waals surface area contributed by atoms with Crippen molar-refractivity contribution in [3.8, 4) is 0 Å². The second-order valence-electron chi connectivity index (χ2n) is 4.09. The summed E-state index contributed by atoms with van der Waals surface area (Å²) in [5.41, 5.74) is 0. The van der Waals surface area contributed by atoms with Gasteiger partial charge >= 0.3 is 0 Å². The lowest BCUT2D eigenvalue weighted by Crippen LogP contribution is -2.20. The van der Waals surface area contributed by atoms with E-state index in [1.54, 1.807) is 11.3 Å². The number of rotatable bonds is 8. The van der Waals surface area contributed by atoms with Crippen LogP contribution in [0.5, 0.6) is 0 Å². The molecule has 1 aromatic rings. The van der Waals surface area contributed by atoms with E-state index in [4.69, 9.17) is 11.6 Å². The fourth-order valence-corrected chi connectivity index (χ4v) is 3.20. The average Bonchev–Trinajstić information content (AvgIpc) is 2.69. The van der Waals surface area contributed by atoms with Gasteiger partial charge in [-0.1, -0.05) is 51.1 Å². The van der Waals surface area contributed by atoms with Crippen LogP contribution in [0.4, 0.5) is 0 Å². The summed E-state index contributed by atoms with van der Waals surface area (Å²) in [4.78, 5) is 1.31. The first-order valence-corrected chi connectivity index (χ1v) is 7.51. The fourth-order valence-electron chi connectivity index (χ4n) is 1.90. The third-order valence-corrected chi connectivity index (χ3v) is 4.23. The van der Waals surface area contributed by atoms with E-state index in [-0.39, 0.29) is 0 Å². The number of unbranched alkanes of at least 4 members (excludes halogenated alkanes) is 3. The van der Waals surface area contributed by atoms with Crippen LogP contribution in [0.2, 0.25) is 5.02 Å². The maximum Gasteiger partial charge on any atom is 0.0561 e. The van der Waals surface area contributed by atoms with Crippen molar-refractivity contribution < 1.29 is 0 Å². The van der Waals surface area contributed by atoms with E-state index < -0.39 is 0 Å². The number of nitrogens with one attached hydrogen (secondary N) is 1. The molecule has 0 bridgehead atoms. The van der Waals surface area contributed by atoms with Crippen LogP contribution in [0.1, 0.15) is 56.9 Å². The molecule has 1 unspecified atom stereocenters. The van der Waals surface area contributed by atoms with Crippen LogP contribution in [-0.4, -0.2) is 6.54 Å². The van der Waals surface area contributed by atoms with Gasteiger partial charge in [0.1, 0.15) is 0 Å². The lowest BCUT2D eigenvalue weighted by molar-refractivity contribution is 0.488. The molecule has 1 nitrogen and oxygen atoms in total. The maximum atomic E-state index is 6.18. The fraction of sp³-hybridized carbons (Fsp3) is 0.692. The van der Waals surface area contributed by atoms with Gasteiger partial charge in [0.05, 0.1) is 5.02 Å². The zero-order valence-electron chi connectivity index (χ0n) is 10.3. The Balaban J connectivity index is 2.45. The van der Waals surface area contributed by atoms with Gasteiger partial charge in [0.2, 0.25) is 0 Å². The third-order valence-electron chi connectivity index (χ3n) is 2.76. The molecule has 3 heteroatoms. The molecule has 1 heterocycles. The van der Waals surface area contributed by atoms with E-state index in [0.717, 1.165) is 11.6 Å². The van der Waals surface area contributed by atoms with Crippen LogP contribution in [0.25, 0.3) is 0 Å².